The maximum Gasteiger partial charge on any atom is 0.250 e. The molecule has 0 unspecified atom stereocenters. The Kier molecular flexibility index (Phi) is 2.95. The lowest BCUT2D eigenvalue weighted by molar-refractivity contribution is 0.100. The lowest BCUT2D eigenvalue weighted by atomic mass is 10.1. The quantitative estimate of drug-likeness (QED) is 0.716. The van der Waals surface area contributed by atoms with Gasteiger partial charge < -0.3 is 5.73 Å². The SMILES string of the molecule is Cc1ccc(C(N)=O)c(NN2N=CC=CN2)c1. The molecule has 0 saturated heterocycles. The summed E-state index contributed by atoms with van der Waals surface area (Å²) in [5.74, 6) is -0.482. The Morgan fingerprint density at radius 1 is 1.53 bits per heavy atom. The molecule has 0 spiro atoms. The van der Waals surface area contributed by atoms with Crippen LogP contribution >= 0.6 is 0 Å². The average molecular weight is 231 g/mol. The highest BCUT2D eigenvalue weighted by Gasteiger charge is 2.10. The standard InChI is InChI=1S/C11H13N5O/c1-8-3-4-9(11(12)17)10(7-8)15-16-13-5-2-6-14-16/h2-7,13,15H,1H3,(H2,12,17). The van der Waals surface area contributed by atoms with Gasteiger partial charge in [-0.3, -0.25) is 15.6 Å². The number of nitrogens with two attached hydrogens (primary N) is 1. The second kappa shape index (κ2) is 4.56. The molecule has 1 aliphatic heterocycles. The number of amides is 1. The summed E-state index contributed by atoms with van der Waals surface area (Å²) in [7, 11) is 0. The van der Waals surface area contributed by atoms with Gasteiger partial charge in [0.05, 0.1) is 17.5 Å². The number of allylic oxidation sites excluding steroid dienone is 1. The minimum absolute atomic E-state index is 0.419. The molecular weight excluding hydrogens is 218 g/mol. The van der Waals surface area contributed by atoms with Crippen LogP contribution in [-0.4, -0.2) is 17.3 Å². The molecule has 6 nitrogen and oxygen atoms in total. The minimum Gasteiger partial charge on any atom is -0.366 e. The van der Waals surface area contributed by atoms with Crippen LogP contribution in [0.5, 0.6) is 0 Å². The second-order valence-corrected chi connectivity index (χ2v) is 3.59. The summed E-state index contributed by atoms with van der Waals surface area (Å²) in [6, 6.07) is 5.34. The first-order chi connectivity index (χ1) is 8.16. The van der Waals surface area contributed by atoms with Crippen molar-refractivity contribution in [2.45, 2.75) is 6.92 Å². The Labute approximate surface area is 98.7 Å². The largest absolute Gasteiger partial charge is 0.366 e. The van der Waals surface area contributed by atoms with Crippen molar-refractivity contribution in [3.8, 4) is 0 Å². The zero-order valence-electron chi connectivity index (χ0n) is 9.34. The Morgan fingerprint density at radius 3 is 3.00 bits per heavy atom. The van der Waals surface area contributed by atoms with Gasteiger partial charge in [-0.25, -0.2) is 0 Å². The average Bonchev–Trinajstić information content (AvgIpc) is 2.30. The molecule has 17 heavy (non-hydrogen) atoms. The molecule has 0 aromatic heterocycles. The summed E-state index contributed by atoms with van der Waals surface area (Å²) in [5, 5.41) is 5.39. The maximum atomic E-state index is 11.3. The molecule has 0 aliphatic carbocycles. The maximum absolute atomic E-state index is 11.3. The summed E-state index contributed by atoms with van der Waals surface area (Å²) in [5.41, 5.74) is 13.1. The Morgan fingerprint density at radius 2 is 2.35 bits per heavy atom. The molecule has 88 valence electrons. The number of primary amides is 1. The molecule has 4 N–H and O–H groups in total. The van der Waals surface area contributed by atoms with Gasteiger partial charge in [0.15, 0.2) is 0 Å². The van der Waals surface area contributed by atoms with E-state index < -0.39 is 5.91 Å². The van der Waals surface area contributed by atoms with Crippen LogP contribution in [0.3, 0.4) is 0 Å². The summed E-state index contributed by atoms with van der Waals surface area (Å²) in [4.78, 5) is 11.3. The molecular formula is C11H13N5O. The number of hydrogen-bond donors (Lipinski definition) is 3. The van der Waals surface area contributed by atoms with Crippen LogP contribution in [0.4, 0.5) is 5.69 Å². The van der Waals surface area contributed by atoms with Gasteiger partial charge in [0, 0.05) is 6.20 Å². The van der Waals surface area contributed by atoms with Gasteiger partial charge in [-0.1, -0.05) is 6.07 Å². The Bertz CT molecular complexity index is 495. The number of benzene rings is 1. The van der Waals surface area contributed by atoms with Crippen LogP contribution < -0.4 is 16.6 Å². The predicted molar refractivity (Wildman–Crippen MR) is 65.9 cm³/mol. The fourth-order valence-electron chi connectivity index (χ4n) is 1.44. The lowest BCUT2D eigenvalue weighted by Crippen LogP contribution is -2.37. The van der Waals surface area contributed by atoms with Crippen LogP contribution in [0.25, 0.3) is 0 Å². The molecule has 6 heteroatoms. The summed E-state index contributed by atoms with van der Waals surface area (Å²) in [6.45, 7) is 1.93. The molecule has 1 amide bonds. The smallest absolute Gasteiger partial charge is 0.250 e. The van der Waals surface area contributed by atoms with E-state index in [1.807, 2.05) is 19.1 Å². The molecule has 1 aliphatic rings. The van der Waals surface area contributed by atoms with E-state index in [2.05, 4.69) is 16.0 Å². The van der Waals surface area contributed by atoms with E-state index >= 15 is 0 Å². The van der Waals surface area contributed by atoms with Crippen molar-refractivity contribution in [1.82, 2.24) is 10.7 Å². The van der Waals surface area contributed by atoms with Gasteiger partial charge >= 0.3 is 0 Å². The first-order valence-electron chi connectivity index (χ1n) is 5.09. The van der Waals surface area contributed by atoms with Gasteiger partial charge in [0.1, 0.15) is 0 Å². The number of hydrogen-bond acceptors (Lipinski definition) is 5. The fraction of sp³-hybridized carbons (Fsp3) is 0.0909. The number of nitrogens with zero attached hydrogens (tertiary/aromatic N) is 2. The predicted octanol–water partition coefficient (Wildman–Crippen LogP) is 0.741. The van der Waals surface area contributed by atoms with E-state index in [0.29, 0.717) is 11.3 Å². The van der Waals surface area contributed by atoms with Crippen LogP contribution in [0.1, 0.15) is 15.9 Å². The van der Waals surface area contributed by atoms with Gasteiger partial charge in [-0.2, -0.15) is 0 Å². The minimum atomic E-state index is -0.482. The summed E-state index contributed by atoms with van der Waals surface area (Å²) >= 11 is 0. The van der Waals surface area contributed by atoms with E-state index in [-0.39, 0.29) is 0 Å². The molecule has 0 bridgehead atoms. The number of carbonyl (C=O) groups excluding carboxylic acids is 1. The van der Waals surface area contributed by atoms with Crippen molar-refractivity contribution in [3.63, 3.8) is 0 Å². The van der Waals surface area contributed by atoms with E-state index in [1.54, 1.807) is 24.6 Å². The number of carbonyl (C=O) groups is 1. The van der Waals surface area contributed by atoms with Crippen molar-refractivity contribution in [1.29, 1.82) is 0 Å². The van der Waals surface area contributed by atoms with Gasteiger partial charge in [0.2, 0.25) is 0 Å². The molecule has 0 saturated carbocycles. The third-order valence-corrected chi connectivity index (χ3v) is 2.23. The topological polar surface area (TPSA) is 82.8 Å². The first-order valence-corrected chi connectivity index (χ1v) is 5.09. The normalized spacial score (nSPS) is 13.4. The Hall–Kier alpha value is -2.50. The van der Waals surface area contributed by atoms with Crippen LogP contribution in [0, 0.1) is 6.92 Å². The summed E-state index contributed by atoms with van der Waals surface area (Å²) in [6.07, 6.45) is 5.08. The third kappa shape index (κ3) is 2.54. The van der Waals surface area contributed by atoms with E-state index in [9.17, 15) is 4.79 Å². The highest BCUT2D eigenvalue weighted by atomic mass is 16.1. The van der Waals surface area contributed by atoms with Gasteiger partial charge in [-0.05, 0) is 30.7 Å². The molecule has 1 aromatic carbocycles. The van der Waals surface area contributed by atoms with Crippen LogP contribution in [0.2, 0.25) is 0 Å². The zero-order chi connectivity index (χ0) is 12.3. The van der Waals surface area contributed by atoms with Crippen LogP contribution in [0.15, 0.2) is 35.6 Å². The number of hydrazone groups is 1. The van der Waals surface area contributed by atoms with Crippen molar-refractivity contribution in [3.05, 3.63) is 41.6 Å². The molecule has 1 aromatic rings. The lowest BCUT2D eigenvalue weighted by Gasteiger charge is -2.22. The second-order valence-electron chi connectivity index (χ2n) is 3.59. The zero-order valence-corrected chi connectivity index (χ0v) is 9.34. The Balaban J connectivity index is 2.24. The van der Waals surface area contributed by atoms with Crippen molar-refractivity contribution in [2.75, 3.05) is 5.43 Å². The monoisotopic (exact) mass is 231 g/mol. The molecule has 0 atom stereocenters. The van der Waals surface area contributed by atoms with Crippen LogP contribution in [-0.2, 0) is 0 Å². The van der Waals surface area contributed by atoms with Crippen molar-refractivity contribution in [2.24, 2.45) is 10.8 Å². The van der Waals surface area contributed by atoms with Gasteiger partial charge in [0.25, 0.3) is 5.91 Å². The highest BCUT2D eigenvalue weighted by Crippen LogP contribution is 2.17. The third-order valence-electron chi connectivity index (χ3n) is 2.23. The number of nitrogens with one attached hydrogen (secondary N) is 2. The number of anilines is 1. The molecule has 1 heterocycles. The first kappa shape index (κ1) is 11.0. The van der Waals surface area contributed by atoms with E-state index in [1.165, 1.54) is 5.23 Å². The fourth-order valence-corrected chi connectivity index (χ4v) is 1.44. The van der Waals surface area contributed by atoms with Crippen molar-refractivity contribution < 1.29 is 4.79 Å². The molecule has 0 fully saturated rings. The molecule has 2 rings (SSSR count). The number of aryl methyl sites for hydroxylation is 1. The van der Waals surface area contributed by atoms with Gasteiger partial charge in [-0.15, -0.1) is 10.3 Å². The van der Waals surface area contributed by atoms with E-state index in [0.717, 1.165) is 5.56 Å². The van der Waals surface area contributed by atoms with Crippen molar-refractivity contribution >= 4 is 17.8 Å². The highest BCUT2D eigenvalue weighted by molar-refractivity contribution is 5.98. The van der Waals surface area contributed by atoms with E-state index in [4.69, 9.17) is 5.73 Å². The number of rotatable bonds is 3. The number of hydrazine groups is 2. The molecule has 0 radical (unpaired) electrons. The summed E-state index contributed by atoms with van der Waals surface area (Å²) < 4.78 is 0.